The minimum Gasteiger partial charge on any atom is -0.380 e. The Morgan fingerprint density at radius 2 is 2.13 bits per heavy atom. The van der Waals surface area contributed by atoms with Crippen molar-refractivity contribution in [3.05, 3.63) is 12.4 Å². The second-order valence-corrected chi connectivity index (χ2v) is 4.68. The number of nitrogens with one attached hydrogen (secondary N) is 1. The highest BCUT2D eigenvalue weighted by Gasteiger charge is 2.03. The van der Waals surface area contributed by atoms with Crippen molar-refractivity contribution in [2.45, 2.75) is 53.1 Å². The molecule has 1 unspecified atom stereocenters. The molecule has 1 aromatic rings. The summed E-state index contributed by atoms with van der Waals surface area (Å²) >= 11 is 0. The average molecular weight is 209 g/mol. The zero-order valence-corrected chi connectivity index (χ0v) is 10.3. The predicted octanol–water partition coefficient (Wildman–Crippen LogP) is 3.14. The number of hydrogen-bond acceptors (Lipinski definition) is 2. The van der Waals surface area contributed by atoms with Crippen LogP contribution in [0.4, 0.5) is 5.69 Å². The summed E-state index contributed by atoms with van der Waals surface area (Å²) in [4.78, 5) is 0. The normalized spacial score (nSPS) is 13.1. The second kappa shape index (κ2) is 5.79. The molecule has 0 radical (unpaired) electrons. The van der Waals surface area contributed by atoms with E-state index in [1.807, 2.05) is 10.9 Å². The van der Waals surface area contributed by atoms with E-state index in [0.717, 1.165) is 12.2 Å². The quantitative estimate of drug-likeness (QED) is 0.780. The van der Waals surface area contributed by atoms with Gasteiger partial charge in [-0.1, -0.05) is 27.2 Å². The summed E-state index contributed by atoms with van der Waals surface area (Å²) in [5, 5.41) is 7.78. The third-order valence-corrected chi connectivity index (χ3v) is 2.32. The minimum absolute atomic E-state index is 0.534. The van der Waals surface area contributed by atoms with Crippen LogP contribution in [0.2, 0.25) is 0 Å². The van der Waals surface area contributed by atoms with E-state index >= 15 is 0 Å². The van der Waals surface area contributed by atoms with Gasteiger partial charge in [0.2, 0.25) is 0 Å². The van der Waals surface area contributed by atoms with E-state index < -0.39 is 0 Å². The number of nitrogens with zero attached hydrogens (tertiary/aromatic N) is 2. The van der Waals surface area contributed by atoms with Gasteiger partial charge in [0.15, 0.2) is 0 Å². The third-order valence-electron chi connectivity index (χ3n) is 2.32. The average Bonchev–Trinajstić information content (AvgIpc) is 2.51. The van der Waals surface area contributed by atoms with Crippen LogP contribution in [0.25, 0.3) is 0 Å². The summed E-state index contributed by atoms with van der Waals surface area (Å²) in [6, 6.07) is 0.534. The maximum Gasteiger partial charge on any atom is 0.0728 e. The first kappa shape index (κ1) is 12.1. The molecule has 1 N–H and O–H groups in total. The molecular weight excluding hydrogens is 186 g/mol. The van der Waals surface area contributed by atoms with Crippen LogP contribution in [0, 0.1) is 5.92 Å². The van der Waals surface area contributed by atoms with Crippen molar-refractivity contribution in [1.29, 1.82) is 0 Å². The maximum absolute atomic E-state index is 4.32. The van der Waals surface area contributed by atoms with Crippen LogP contribution in [-0.2, 0) is 6.54 Å². The molecule has 0 bridgehead atoms. The van der Waals surface area contributed by atoms with Crippen molar-refractivity contribution in [3.63, 3.8) is 0 Å². The molecule has 0 amide bonds. The first-order valence-electron chi connectivity index (χ1n) is 5.90. The summed E-state index contributed by atoms with van der Waals surface area (Å²) in [7, 11) is 0. The molecule has 86 valence electrons. The summed E-state index contributed by atoms with van der Waals surface area (Å²) in [5.41, 5.74) is 1.14. The molecule has 0 aliphatic heterocycles. The van der Waals surface area contributed by atoms with Crippen molar-refractivity contribution >= 4 is 5.69 Å². The van der Waals surface area contributed by atoms with Gasteiger partial charge in [0.25, 0.3) is 0 Å². The molecule has 3 nitrogen and oxygen atoms in total. The van der Waals surface area contributed by atoms with Gasteiger partial charge >= 0.3 is 0 Å². The van der Waals surface area contributed by atoms with Crippen LogP contribution in [-0.4, -0.2) is 15.8 Å². The van der Waals surface area contributed by atoms with Gasteiger partial charge in [-0.2, -0.15) is 5.10 Å². The van der Waals surface area contributed by atoms with Crippen LogP contribution in [0.5, 0.6) is 0 Å². The lowest BCUT2D eigenvalue weighted by molar-refractivity contribution is 0.483. The van der Waals surface area contributed by atoms with Crippen molar-refractivity contribution in [2.75, 3.05) is 5.32 Å². The van der Waals surface area contributed by atoms with Gasteiger partial charge in [0.05, 0.1) is 11.9 Å². The highest BCUT2D eigenvalue weighted by atomic mass is 15.3. The van der Waals surface area contributed by atoms with E-state index in [4.69, 9.17) is 0 Å². The van der Waals surface area contributed by atoms with Gasteiger partial charge in [-0.25, -0.2) is 0 Å². The number of aromatic nitrogens is 2. The molecule has 1 rings (SSSR count). The molecule has 1 aromatic heterocycles. The van der Waals surface area contributed by atoms with Gasteiger partial charge in [-0.05, 0) is 19.3 Å². The van der Waals surface area contributed by atoms with Crippen molar-refractivity contribution < 1.29 is 0 Å². The monoisotopic (exact) mass is 209 g/mol. The van der Waals surface area contributed by atoms with E-state index in [1.165, 1.54) is 12.8 Å². The highest BCUT2D eigenvalue weighted by Crippen LogP contribution is 2.10. The van der Waals surface area contributed by atoms with E-state index in [2.05, 4.69) is 44.3 Å². The van der Waals surface area contributed by atoms with E-state index in [9.17, 15) is 0 Å². The Labute approximate surface area is 92.9 Å². The van der Waals surface area contributed by atoms with Gasteiger partial charge in [0.1, 0.15) is 0 Å². The Morgan fingerprint density at radius 1 is 1.40 bits per heavy atom. The number of hydrogen-bond donors (Lipinski definition) is 1. The Morgan fingerprint density at radius 3 is 2.73 bits per heavy atom. The lowest BCUT2D eigenvalue weighted by Gasteiger charge is -2.11. The van der Waals surface area contributed by atoms with Crippen LogP contribution in [0.1, 0.15) is 40.5 Å². The zero-order chi connectivity index (χ0) is 11.3. The molecule has 0 aromatic carbocycles. The Bertz CT molecular complexity index is 278. The van der Waals surface area contributed by atoms with E-state index in [-0.39, 0.29) is 0 Å². The molecule has 1 atom stereocenters. The fourth-order valence-electron chi connectivity index (χ4n) is 1.70. The first-order valence-corrected chi connectivity index (χ1v) is 5.90. The molecule has 0 spiro atoms. The number of rotatable bonds is 6. The van der Waals surface area contributed by atoms with Crippen LogP contribution in [0.3, 0.4) is 0 Å². The standard InChI is InChI=1S/C12H23N3/c1-5-6-11(4)14-12-7-13-15(9-12)8-10(2)3/h7,9-11,14H,5-6,8H2,1-4H3. The van der Waals surface area contributed by atoms with Gasteiger partial charge < -0.3 is 5.32 Å². The van der Waals surface area contributed by atoms with Gasteiger partial charge in [0, 0.05) is 18.8 Å². The van der Waals surface area contributed by atoms with Crippen molar-refractivity contribution in [2.24, 2.45) is 5.92 Å². The molecule has 0 saturated carbocycles. The molecule has 0 aliphatic rings. The molecule has 1 heterocycles. The maximum atomic E-state index is 4.32. The molecule has 0 aliphatic carbocycles. The summed E-state index contributed by atoms with van der Waals surface area (Å²) in [5.74, 6) is 0.644. The fourth-order valence-corrected chi connectivity index (χ4v) is 1.70. The van der Waals surface area contributed by atoms with Gasteiger partial charge in [-0.15, -0.1) is 0 Å². The van der Waals surface area contributed by atoms with Crippen molar-refractivity contribution in [3.8, 4) is 0 Å². The second-order valence-electron chi connectivity index (χ2n) is 4.68. The first-order chi connectivity index (χ1) is 7.11. The Balaban J connectivity index is 2.45. The third kappa shape index (κ3) is 4.36. The van der Waals surface area contributed by atoms with Crippen LogP contribution in [0.15, 0.2) is 12.4 Å². The largest absolute Gasteiger partial charge is 0.380 e. The fraction of sp³-hybridized carbons (Fsp3) is 0.750. The van der Waals surface area contributed by atoms with E-state index in [1.54, 1.807) is 0 Å². The summed E-state index contributed by atoms with van der Waals surface area (Å²) in [6.45, 7) is 9.82. The molecule has 15 heavy (non-hydrogen) atoms. The topological polar surface area (TPSA) is 29.9 Å². The smallest absolute Gasteiger partial charge is 0.0728 e. The highest BCUT2D eigenvalue weighted by molar-refractivity contribution is 5.38. The van der Waals surface area contributed by atoms with Gasteiger partial charge in [-0.3, -0.25) is 4.68 Å². The van der Waals surface area contributed by atoms with Crippen LogP contribution >= 0.6 is 0 Å². The molecule has 0 fully saturated rings. The van der Waals surface area contributed by atoms with Crippen molar-refractivity contribution in [1.82, 2.24) is 9.78 Å². The van der Waals surface area contributed by atoms with Crippen LogP contribution < -0.4 is 5.32 Å². The SMILES string of the molecule is CCCC(C)Nc1cnn(CC(C)C)c1. The van der Waals surface area contributed by atoms with E-state index in [0.29, 0.717) is 12.0 Å². The lowest BCUT2D eigenvalue weighted by Crippen LogP contribution is -2.13. The molecule has 0 saturated heterocycles. The predicted molar refractivity (Wildman–Crippen MR) is 65.1 cm³/mol. The summed E-state index contributed by atoms with van der Waals surface area (Å²) < 4.78 is 2.01. The lowest BCUT2D eigenvalue weighted by atomic mass is 10.2. The number of anilines is 1. The minimum atomic E-state index is 0.534. The Kier molecular flexibility index (Phi) is 4.66. The Hall–Kier alpha value is -0.990. The molecule has 3 heteroatoms. The molecular formula is C12H23N3. The summed E-state index contributed by atoms with van der Waals surface area (Å²) in [6.07, 6.45) is 6.42. The zero-order valence-electron chi connectivity index (χ0n) is 10.3.